The number of hydrogen-bond acceptors (Lipinski definition) is 3. The first-order chi connectivity index (χ1) is 15.1. The van der Waals surface area contributed by atoms with Gasteiger partial charge in [0, 0.05) is 47.1 Å². The second-order valence-electron chi connectivity index (χ2n) is 7.67. The van der Waals surface area contributed by atoms with E-state index in [0.717, 1.165) is 23.4 Å². The number of aromatic nitrogens is 3. The molecule has 0 radical (unpaired) electrons. The van der Waals surface area contributed by atoms with Gasteiger partial charge in [0.1, 0.15) is 5.82 Å². The van der Waals surface area contributed by atoms with Crippen LogP contribution in [0, 0.1) is 0 Å². The minimum atomic E-state index is -0.970. The molecule has 0 spiro atoms. The lowest BCUT2D eigenvalue weighted by atomic mass is 10.1. The van der Waals surface area contributed by atoms with Gasteiger partial charge in [-0.15, -0.1) is 0 Å². The highest BCUT2D eigenvalue weighted by molar-refractivity contribution is 6.09. The molecule has 0 atom stereocenters. The Balaban J connectivity index is 1.75. The van der Waals surface area contributed by atoms with E-state index in [1.54, 1.807) is 18.2 Å². The summed E-state index contributed by atoms with van der Waals surface area (Å²) in [6.07, 6.45) is 0.594. The van der Waals surface area contributed by atoms with Crippen molar-refractivity contribution >= 4 is 38.8 Å². The molecule has 0 aliphatic heterocycles. The van der Waals surface area contributed by atoms with Crippen LogP contribution in [0.25, 0.3) is 44.2 Å². The first kappa shape index (κ1) is 19.3. The average Bonchev–Trinajstić information content (AvgIpc) is 3.32. The van der Waals surface area contributed by atoms with Crippen LogP contribution in [-0.4, -0.2) is 36.9 Å². The fraction of sp³-hybridized carbons (Fsp3) is 0.200. The summed E-state index contributed by atoms with van der Waals surface area (Å²) in [7, 11) is 0. The summed E-state index contributed by atoms with van der Waals surface area (Å²) >= 11 is 0. The Hall–Kier alpha value is -3.64. The number of aliphatic hydroxyl groups is 1. The third-order valence-corrected chi connectivity index (χ3v) is 5.88. The Morgan fingerprint density at radius 2 is 1.71 bits per heavy atom. The van der Waals surface area contributed by atoms with Crippen molar-refractivity contribution in [2.24, 2.45) is 0 Å². The highest BCUT2D eigenvalue weighted by Crippen LogP contribution is 2.33. The molecule has 2 aromatic heterocycles. The molecule has 156 valence electrons. The number of aromatic carboxylic acids is 1. The predicted octanol–water partition coefficient (Wildman–Crippen LogP) is 4.91. The minimum Gasteiger partial charge on any atom is -0.478 e. The summed E-state index contributed by atoms with van der Waals surface area (Å²) in [5, 5.41) is 21.1. The van der Waals surface area contributed by atoms with Crippen LogP contribution >= 0.6 is 0 Å². The summed E-state index contributed by atoms with van der Waals surface area (Å²) in [6.45, 7) is 3.71. The van der Waals surface area contributed by atoms with Gasteiger partial charge in [0.15, 0.2) is 0 Å². The molecule has 0 amide bonds. The largest absolute Gasteiger partial charge is 0.478 e. The fourth-order valence-electron chi connectivity index (χ4n) is 4.47. The Morgan fingerprint density at radius 1 is 0.935 bits per heavy atom. The molecule has 0 unspecified atom stereocenters. The molecule has 0 saturated heterocycles. The summed E-state index contributed by atoms with van der Waals surface area (Å²) in [4.78, 5) is 16.2. The van der Waals surface area contributed by atoms with Crippen molar-refractivity contribution in [2.45, 2.75) is 26.4 Å². The molecular weight excluding hydrogens is 390 g/mol. The van der Waals surface area contributed by atoms with Gasteiger partial charge in [0.05, 0.1) is 16.6 Å². The lowest BCUT2D eigenvalue weighted by Crippen LogP contribution is -2.03. The van der Waals surface area contributed by atoms with E-state index >= 15 is 0 Å². The van der Waals surface area contributed by atoms with E-state index in [1.165, 1.54) is 21.8 Å². The van der Waals surface area contributed by atoms with Crippen LogP contribution in [0.15, 0.2) is 60.7 Å². The summed E-state index contributed by atoms with van der Waals surface area (Å²) in [5.74, 6) is -0.191. The van der Waals surface area contributed by atoms with Gasteiger partial charge in [-0.2, -0.15) is 0 Å². The van der Waals surface area contributed by atoms with Crippen LogP contribution in [0.5, 0.6) is 0 Å². The molecule has 0 aliphatic carbocycles. The van der Waals surface area contributed by atoms with Crippen molar-refractivity contribution in [3.05, 3.63) is 66.2 Å². The van der Waals surface area contributed by atoms with Gasteiger partial charge in [0.2, 0.25) is 0 Å². The molecule has 2 N–H and O–H groups in total. The summed E-state index contributed by atoms with van der Waals surface area (Å²) < 4.78 is 4.37. The number of para-hydroxylation sites is 1. The zero-order valence-electron chi connectivity index (χ0n) is 17.2. The van der Waals surface area contributed by atoms with Gasteiger partial charge in [0.25, 0.3) is 0 Å². The zero-order chi connectivity index (χ0) is 21.5. The number of imidazole rings is 1. The van der Waals surface area contributed by atoms with E-state index in [0.29, 0.717) is 18.5 Å². The third-order valence-electron chi connectivity index (χ3n) is 5.88. The maximum absolute atomic E-state index is 11.4. The third kappa shape index (κ3) is 3.07. The second kappa shape index (κ2) is 7.56. The molecule has 0 saturated carbocycles. The molecule has 31 heavy (non-hydrogen) atoms. The summed E-state index contributed by atoms with van der Waals surface area (Å²) in [6, 6.07) is 19.8. The molecule has 0 fully saturated rings. The molecule has 6 heteroatoms. The van der Waals surface area contributed by atoms with Crippen LogP contribution in [0.2, 0.25) is 0 Å². The molecule has 0 bridgehead atoms. The molecular formula is C25H23N3O3. The van der Waals surface area contributed by atoms with E-state index in [9.17, 15) is 15.0 Å². The topological polar surface area (TPSA) is 80.3 Å². The minimum absolute atomic E-state index is 0.0787. The predicted molar refractivity (Wildman–Crippen MR) is 123 cm³/mol. The Bertz CT molecular complexity index is 1450. The Labute approximate surface area is 179 Å². The number of carboxylic acids is 1. The van der Waals surface area contributed by atoms with Crippen molar-refractivity contribution in [3.63, 3.8) is 0 Å². The smallest absolute Gasteiger partial charge is 0.335 e. The van der Waals surface area contributed by atoms with E-state index in [-0.39, 0.29) is 12.2 Å². The molecule has 5 aromatic rings. The van der Waals surface area contributed by atoms with Crippen molar-refractivity contribution < 1.29 is 15.0 Å². The van der Waals surface area contributed by atoms with Crippen LogP contribution in [-0.2, 0) is 13.1 Å². The normalized spacial score (nSPS) is 11.7. The monoisotopic (exact) mass is 413 g/mol. The van der Waals surface area contributed by atoms with Gasteiger partial charge < -0.3 is 19.3 Å². The van der Waals surface area contributed by atoms with Crippen LogP contribution < -0.4 is 0 Å². The van der Waals surface area contributed by atoms with Crippen LogP contribution in [0.3, 0.4) is 0 Å². The molecule has 6 nitrogen and oxygen atoms in total. The number of hydrogen-bond donors (Lipinski definition) is 2. The van der Waals surface area contributed by atoms with Gasteiger partial charge in [-0.1, -0.05) is 18.2 Å². The van der Waals surface area contributed by atoms with Crippen LogP contribution in [0.1, 0.15) is 23.7 Å². The number of fused-ring (bicyclic) bond motifs is 4. The first-order valence-corrected chi connectivity index (χ1v) is 10.5. The van der Waals surface area contributed by atoms with Gasteiger partial charge in [-0.3, -0.25) is 0 Å². The summed E-state index contributed by atoms with van der Waals surface area (Å²) in [5.41, 5.74) is 5.08. The molecule has 5 rings (SSSR count). The number of benzene rings is 3. The molecule has 3 aromatic carbocycles. The van der Waals surface area contributed by atoms with Crippen molar-refractivity contribution in [1.82, 2.24) is 14.1 Å². The number of aryl methyl sites for hydroxylation is 2. The number of carboxylic acid groups (broad SMARTS) is 1. The first-order valence-electron chi connectivity index (χ1n) is 10.5. The van der Waals surface area contributed by atoms with E-state index in [1.807, 2.05) is 0 Å². The van der Waals surface area contributed by atoms with Gasteiger partial charge in [-0.25, -0.2) is 9.78 Å². The fourth-order valence-corrected chi connectivity index (χ4v) is 4.47. The van der Waals surface area contributed by atoms with Crippen LogP contribution in [0.4, 0.5) is 0 Å². The van der Waals surface area contributed by atoms with E-state index < -0.39 is 5.97 Å². The standard InChI is InChI=1S/C25H23N3O3/c1-2-27-21-7-4-3-6-18(21)19-14-16(8-10-22(19)27)24-26-20-15-17(25(30)31)9-11-23(20)28(24)12-5-13-29/h3-4,6-11,14-15,29H,2,5,12-13H2,1H3,(H,30,31). The quantitative estimate of drug-likeness (QED) is 0.414. The van der Waals surface area contributed by atoms with Crippen molar-refractivity contribution in [2.75, 3.05) is 6.61 Å². The maximum atomic E-state index is 11.4. The average molecular weight is 413 g/mol. The Kier molecular flexibility index (Phi) is 4.71. The lowest BCUT2D eigenvalue weighted by molar-refractivity contribution is 0.0697. The number of rotatable bonds is 6. The highest BCUT2D eigenvalue weighted by atomic mass is 16.4. The maximum Gasteiger partial charge on any atom is 0.335 e. The zero-order valence-corrected chi connectivity index (χ0v) is 17.2. The second-order valence-corrected chi connectivity index (χ2v) is 7.67. The van der Waals surface area contributed by atoms with Crippen molar-refractivity contribution in [3.8, 4) is 11.4 Å². The van der Waals surface area contributed by atoms with E-state index in [4.69, 9.17) is 4.98 Å². The van der Waals surface area contributed by atoms with E-state index in [2.05, 4.69) is 58.5 Å². The van der Waals surface area contributed by atoms with Gasteiger partial charge >= 0.3 is 5.97 Å². The number of nitrogens with zero attached hydrogens (tertiary/aromatic N) is 3. The lowest BCUT2D eigenvalue weighted by Gasteiger charge is -2.09. The van der Waals surface area contributed by atoms with Crippen molar-refractivity contribution in [1.29, 1.82) is 0 Å². The molecule has 2 heterocycles. The Morgan fingerprint density at radius 3 is 2.48 bits per heavy atom. The SMILES string of the molecule is CCn1c2ccccc2c2cc(-c3nc4cc(C(=O)O)ccc4n3CCCO)ccc21. The molecule has 0 aliphatic rings. The number of aliphatic hydroxyl groups excluding tert-OH is 1. The highest BCUT2D eigenvalue weighted by Gasteiger charge is 2.17. The van der Waals surface area contributed by atoms with Gasteiger partial charge in [-0.05, 0) is 55.8 Å². The number of carbonyl (C=O) groups is 1.